The Hall–Kier alpha value is -2.50. The van der Waals surface area contributed by atoms with Crippen LogP contribution >= 0.6 is 0 Å². The van der Waals surface area contributed by atoms with Gasteiger partial charge in [0.1, 0.15) is 0 Å². The molecule has 2 aromatic rings. The summed E-state index contributed by atoms with van der Waals surface area (Å²) >= 11 is 0. The summed E-state index contributed by atoms with van der Waals surface area (Å²) in [7, 11) is 0. The first-order valence-electron chi connectivity index (χ1n) is 5.38. The Morgan fingerprint density at radius 2 is 2.28 bits per heavy atom. The van der Waals surface area contributed by atoms with E-state index in [4.69, 9.17) is 5.11 Å². The second-order valence-electron chi connectivity index (χ2n) is 3.61. The van der Waals surface area contributed by atoms with Crippen LogP contribution in [0, 0.1) is 0 Å². The number of hydrogen-bond donors (Lipinski definition) is 1. The molecule has 2 rings (SSSR count). The Balaban J connectivity index is 2.73. The zero-order chi connectivity index (χ0) is 13.1. The molecule has 1 N–H and O–H groups in total. The quantitative estimate of drug-likeness (QED) is 0.872. The molecule has 0 aliphatic carbocycles. The van der Waals surface area contributed by atoms with Gasteiger partial charge in [-0.2, -0.15) is 0 Å². The largest absolute Gasteiger partial charge is 0.477 e. The van der Waals surface area contributed by atoms with Crippen molar-refractivity contribution in [1.82, 2.24) is 14.5 Å². The highest BCUT2D eigenvalue weighted by atomic mass is 16.4. The van der Waals surface area contributed by atoms with Gasteiger partial charge in [0.2, 0.25) is 0 Å². The smallest absolute Gasteiger partial charge is 0.343 e. The van der Waals surface area contributed by atoms with Gasteiger partial charge in [-0.3, -0.25) is 14.3 Å². The molecule has 0 saturated heterocycles. The lowest BCUT2D eigenvalue weighted by molar-refractivity contribution is 0.0694. The summed E-state index contributed by atoms with van der Waals surface area (Å²) in [6.07, 6.45) is 4.39. The number of nitrogens with zero attached hydrogens (tertiary/aromatic N) is 3. The Bertz CT molecular complexity index is 635. The lowest BCUT2D eigenvalue weighted by Crippen LogP contribution is -2.27. The van der Waals surface area contributed by atoms with Crippen molar-refractivity contribution in [2.45, 2.75) is 13.5 Å². The highest BCUT2D eigenvalue weighted by Gasteiger charge is 2.19. The van der Waals surface area contributed by atoms with Crippen molar-refractivity contribution >= 4 is 5.97 Å². The predicted molar refractivity (Wildman–Crippen MR) is 64.4 cm³/mol. The molecule has 0 aromatic carbocycles. The van der Waals surface area contributed by atoms with Crippen LogP contribution in [0.15, 0.2) is 35.6 Å². The molecule has 0 aliphatic heterocycles. The van der Waals surface area contributed by atoms with Crippen LogP contribution < -0.4 is 5.56 Å². The van der Waals surface area contributed by atoms with E-state index in [9.17, 15) is 9.59 Å². The van der Waals surface area contributed by atoms with Gasteiger partial charge in [-0.15, -0.1) is 0 Å². The second kappa shape index (κ2) is 4.79. The maximum Gasteiger partial charge on any atom is 0.343 e. The van der Waals surface area contributed by atoms with E-state index in [-0.39, 0.29) is 11.3 Å². The molecule has 0 unspecified atom stereocenters. The van der Waals surface area contributed by atoms with Crippen LogP contribution in [0.3, 0.4) is 0 Å². The standard InChI is InChI=1S/C12H11N3O3/c1-2-15-7-14-10(8-4-3-5-13-6-8)9(11(15)16)12(17)18/h3-7H,2H2,1H3,(H,17,18). The van der Waals surface area contributed by atoms with Crippen LogP contribution in [0.1, 0.15) is 17.3 Å². The molecular weight excluding hydrogens is 234 g/mol. The van der Waals surface area contributed by atoms with Crippen molar-refractivity contribution < 1.29 is 9.90 Å². The average Bonchev–Trinajstić information content (AvgIpc) is 2.39. The molecule has 92 valence electrons. The third-order valence-electron chi connectivity index (χ3n) is 2.53. The molecule has 6 nitrogen and oxygen atoms in total. The van der Waals surface area contributed by atoms with Gasteiger partial charge >= 0.3 is 5.97 Å². The molecule has 0 atom stereocenters. The van der Waals surface area contributed by atoms with E-state index < -0.39 is 11.5 Å². The zero-order valence-electron chi connectivity index (χ0n) is 9.70. The minimum atomic E-state index is -1.28. The number of aromatic carboxylic acids is 1. The van der Waals surface area contributed by atoms with E-state index in [0.29, 0.717) is 12.1 Å². The number of aryl methyl sites for hydroxylation is 1. The van der Waals surface area contributed by atoms with E-state index in [1.165, 1.54) is 17.1 Å². The monoisotopic (exact) mass is 245 g/mol. The maximum atomic E-state index is 12.0. The van der Waals surface area contributed by atoms with E-state index in [2.05, 4.69) is 9.97 Å². The summed E-state index contributed by atoms with van der Waals surface area (Å²) in [5.41, 5.74) is -0.230. The van der Waals surface area contributed by atoms with Gasteiger partial charge < -0.3 is 5.11 Å². The molecule has 0 fully saturated rings. The average molecular weight is 245 g/mol. The van der Waals surface area contributed by atoms with E-state index >= 15 is 0 Å². The molecule has 0 saturated carbocycles. The molecule has 6 heteroatoms. The summed E-state index contributed by atoms with van der Waals surface area (Å²) in [5.74, 6) is -1.28. The number of carboxylic acids is 1. The van der Waals surface area contributed by atoms with Crippen LogP contribution in [0.2, 0.25) is 0 Å². The number of hydrogen-bond acceptors (Lipinski definition) is 4. The lowest BCUT2D eigenvalue weighted by Gasteiger charge is -2.07. The van der Waals surface area contributed by atoms with E-state index in [0.717, 1.165) is 0 Å². The highest BCUT2D eigenvalue weighted by Crippen LogP contribution is 2.17. The first-order chi connectivity index (χ1) is 8.65. The molecule has 18 heavy (non-hydrogen) atoms. The molecular formula is C12H11N3O3. The molecule has 2 heterocycles. The molecule has 0 bridgehead atoms. The Morgan fingerprint density at radius 3 is 2.83 bits per heavy atom. The van der Waals surface area contributed by atoms with Gasteiger partial charge in [0, 0.05) is 24.5 Å². The molecule has 0 aliphatic rings. The fourth-order valence-corrected chi connectivity index (χ4v) is 1.63. The number of aromatic nitrogens is 3. The summed E-state index contributed by atoms with van der Waals surface area (Å²) < 4.78 is 1.25. The Labute approximate surface area is 103 Å². The second-order valence-corrected chi connectivity index (χ2v) is 3.61. The molecule has 2 aromatic heterocycles. The SMILES string of the molecule is CCn1cnc(-c2cccnc2)c(C(=O)O)c1=O. The van der Waals surface area contributed by atoms with Crippen molar-refractivity contribution in [3.8, 4) is 11.3 Å². The van der Waals surface area contributed by atoms with Gasteiger partial charge in [0.25, 0.3) is 5.56 Å². The number of carbonyl (C=O) groups is 1. The van der Waals surface area contributed by atoms with Gasteiger partial charge in [-0.05, 0) is 19.1 Å². The van der Waals surface area contributed by atoms with Gasteiger partial charge in [0.05, 0.1) is 12.0 Å². The molecule has 0 spiro atoms. The van der Waals surface area contributed by atoms with E-state index in [1.807, 2.05) is 0 Å². The Morgan fingerprint density at radius 1 is 1.50 bits per heavy atom. The number of rotatable bonds is 3. The fraction of sp³-hybridized carbons (Fsp3) is 0.167. The van der Waals surface area contributed by atoms with E-state index in [1.54, 1.807) is 25.3 Å². The fourth-order valence-electron chi connectivity index (χ4n) is 1.63. The maximum absolute atomic E-state index is 12.0. The third kappa shape index (κ3) is 2.00. The first kappa shape index (κ1) is 12.0. The van der Waals surface area contributed by atoms with Crippen LogP contribution in [0.25, 0.3) is 11.3 Å². The van der Waals surface area contributed by atoms with Gasteiger partial charge in [0.15, 0.2) is 5.56 Å². The number of carboxylic acid groups (broad SMARTS) is 1. The van der Waals surface area contributed by atoms with Crippen molar-refractivity contribution in [2.24, 2.45) is 0 Å². The van der Waals surface area contributed by atoms with Crippen molar-refractivity contribution in [1.29, 1.82) is 0 Å². The van der Waals surface area contributed by atoms with Crippen molar-refractivity contribution in [3.63, 3.8) is 0 Å². The van der Waals surface area contributed by atoms with Crippen molar-refractivity contribution in [3.05, 3.63) is 46.8 Å². The van der Waals surface area contributed by atoms with Gasteiger partial charge in [-0.1, -0.05) is 0 Å². The summed E-state index contributed by atoms with van der Waals surface area (Å²) in [4.78, 5) is 31.1. The Kier molecular flexibility index (Phi) is 3.18. The minimum Gasteiger partial charge on any atom is -0.477 e. The minimum absolute atomic E-state index is 0.144. The summed E-state index contributed by atoms with van der Waals surface area (Å²) in [6.45, 7) is 2.12. The number of pyridine rings is 1. The zero-order valence-corrected chi connectivity index (χ0v) is 9.70. The third-order valence-corrected chi connectivity index (χ3v) is 2.53. The lowest BCUT2D eigenvalue weighted by atomic mass is 10.1. The molecule has 0 amide bonds. The topological polar surface area (TPSA) is 85.1 Å². The highest BCUT2D eigenvalue weighted by molar-refractivity contribution is 5.94. The van der Waals surface area contributed by atoms with Crippen LogP contribution in [-0.2, 0) is 6.54 Å². The van der Waals surface area contributed by atoms with Crippen LogP contribution in [-0.4, -0.2) is 25.6 Å². The van der Waals surface area contributed by atoms with Crippen LogP contribution in [0.4, 0.5) is 0 Å². The first-order valence-corrected chi connectivity index (χ1v) is 5.38. The summed E-state index contributed by atoms with van der Waals surface area (Å²) in [6, 6.07) is 3.32. The molecule has 0 radical (unpaired) electrons. The normalized spacial score (nSPS) is 10.3. The summed E-state index contributed by atoms with van der Waals surface area (Å²) in [5, 5.41) is 9.15. The van der Waals surface area contributed by atoms with Crippen molar-refractivity contribution in [2.75, 3.05) is 0 Å². The van der Waals surface area contributed by atoms with Gasteiger partial charge in [-0.25, -0.2) is 9.78 Å². The van der Waals surface area contributed by atoms with Crippen LogP contribution in [0.5, 0.6) is 0 Å². The predicted octanol–water partition coefficient (Wildman–Crippen LogP) is 1.02.